The molecular formula is C14H13F3N2OS. The van der Waals surface area contributed by atoms with Gasteiger partial charge in [-0.1, -0.05) is 18.2 Å². The van der Waals surface area contributed by atoms with Gasteiger partial charge >= 0.3 is 6.18 Å². The van der Waals surface area contributed by atoms with E-state index in [1.54, 1.807) is 7.05 Å². The number of aromatic nitrogens is 1. The van der Waals surface area contributed by atoms with E-state index in [1.807, 2.05) is 24.3 Å². The number of hydrogen-bond acceptors (Lipinski definition) is 4. The normalized spacial score (nSPS) is 19.1. The molecule has 7 heteroatoms. The van der Waals surface area contributed by atoms with E-state index in [9.17, 15) is 13.2 Å². The number of benzene rings is 1. The molecule has 1 N–H and O–H groups in total. The Morgan fingerprint density at radius 3 is 2.76 bits per heavy atom. The van der Waals surface area contributed by atoms with Gasteiger partial charge in [-0.25, -0.2) is 4.98 Å². The van der Waals surface area contributed by atoms with Crippen molar-refractivity contribution < 1.29 is 17.9 Å². The second-order valence-corrected chi connectivity index (χ2v) is 5.86. The van der Waals surface area contributed by atoms with Crippen LogP contribution in [0.2, 0.25) is 0 Å². The zero-order valence-corrected chi connectivity index (χ0v) is 12.0. The minimum Gasteiger partial charge on any atom is -0.488 e. The molecule has 1 aromatic carbocycles. The molecule has 0 fully saturated rings. The van der Waals surface area contributed by atoms with Crippen LogP contribution in [-0.2, 0) is 12.6 Å². The third kappa shape index (κ3) is 2.75. The average Bonchev–Trinajstić information content (AvgIpc) is 3.05. The number of nitrogens with zero attached hydrogens (tertiary/aromatic N) is 1. The van der Waals surface area contributed by atoms with Crippen LogP contribution < -0.4 is 10.1 Å². The van der Waals surface area contributed by atoms with Gasteiger partial charge in [0.05, 0.1) is 6.04 Å². The Kier molecular flexibility index (Phi) is 3.62. The van der Waals surface area contributed by atoms with E-state index < -0.39 is 11.2 Å². The Balaban J connectivity index is 1.82. The summed E-state index contributed by atoms with van der Waals surface area (Å²) in [5, 5.41) is 2.21. The topological polar surface area (TPSA) is 34.2 Å². The van der Waals surface area contributed by atoms with E-state index in [4.69, 9.17) is 4.74 Å². The van der Waals surface area contributed by atoms with Crippen molar-refractivity contribution in [2.45, 2.75) is 24.7 Å². The highest BCUT2D eigenvalue weighted by molar-refractivity contribution is 7.11. The summed E-state index contributed by atoms with van der Waals surface area (Å²) < 4.78 is 43.8. The summed E-state index contributed by atoms with van der Waals surface area (Å²) in [4.78, 5) is 4.01. The Labute approximate surface area is 123 Å². The molecule has 2 unspecified atom stereocenters. The second kappa shape index (κ2) is 5.31. The number of likely N-dealkylation sites (N-methyl/N-ethyl adjacent to an activating group) is 1. The minimum atomic E-state index is -4.40. The SMILES string of the molecule is CNC(c1cnc(C(F)(F)F)s1)C1Cc2ccccc2O1. The summed E-state index contributed by atoms with van der Waals surface area (Å²) in [5.41, 5.74) is 1.07. The van der Waals surface area contributed by atoms with Crippen molar-refractivity contribution in [2.75, 3.05) is 7.05 Å². The fourth-order valence-corrected chi connectivity index (χ4v) is 3.41. The third-order valence-electron chi connectivity index (χ3n) is 3.43. The number of rotatable bonds is 3. The van der Waals surface area contributed by atoms with Crippen molar-refractivity contribution in [3.8, 4) is 5.75 Å². The molecule has 3 rings (SSSR count). The van der Waals surface area contributed by atoms with E-state index in [2.05, 4.69) is 10.3 Å². The zero-order chi connectivity index (χ0) is 15.0. The quantitative estimate of drug-likeness (QED) is 0.942. The molecule has 2 atom stereocenters. The molecule has 1 aliphatic rings. The predicted molar refractivity (Wildman–Crippen MR) is 73.5 cm³/mol. The molecule has 0 amide bonds. The molecule has 2 aromatic rings. The Bertz CT molecular complexity index is 616. The molecule has 3 nitrogen and oxygen atoms in total. The first kappa shape index (κ1) is 14.3. The minimum absolute atomic E-state index is 0.228. The monoisotopic (exact) mass is 314 g/mol. The number of halogens is 3. The van der Waals surface area contributed by atoms with Crippen LogP contribution in [0.4, 0.5) is 13.2 Å². The van der Waals surface area contributed by atoms with Crippen molar-refractivity contribution >= 4 is 11.3 Å². The Morgan fingerprint density at radius 1 is 1.38 bits per heavy atom. The van der Waals surface area contributed by atoms with E-state index in [-0.39, 0.29) is 12.1 Å². The first-order valence-electron chi connectivity index (χ1n) is 6.44. The highest BCUT2D eigenvalue weighted by Crippen LogP contribution is 2.38. The lowest BCUT2D eigenvalue weighted by atomic mass is 10.0. The van der Waals surface area contributed by atoms with Gasteiger partial charge < -0.3 is 10.1 Å². The van der Waals surface area contributed by atoms with E-state index >= 15 is 0 Å². The molecule has 0 bridgehead atoms. The maximum atomic E-state index is 12.7. The lowest BCUT2D eigenvalue weighted by molar-refractivity contribution is -0.137. The second-order valence-electron chi connectivity index (χ2n) is 4.80. The van der Waals surface area contributed by atoms with Gasteiger partial charge in [0.2, 0.25) is 0 Å². The standard InChI is InChI=1S/C14H13F3N2OS/c1-18-12(11-7-19-13(21-11)14(15,16)17)10-6-8-4-2-3-5-9(8)20-10/h2-5,7,10,12,18H,6H2,1H3. The zero-order valence-electron chi connectivity index (χ0n) is 11.1. The van der Waals surface area contributed by atoms with Crippen LogP contribution in [0.1, 0.15) is 21.5 Å². The van der Waals surface area contributed by atoms with Gasteiger partial charge in [0.1, 0.15) is 11.9 Å². The van der Waals surface area contributed by atoms with Crippen LogP contribution in [0.3, 0.4) is 0 Å². The van der Waals surface area contributed by atoms with E-state index in [1.165, 1.54) is 6.20 Å². The van der Waals surface area contributed by atoms with Gasteiger partial charge in [0.15, 0.2) is 5.01 Å². The highest BCUT2D eigenvalue weighted by atomic mass is 32.1. The van der Waals surface area contributed by atoms with Crippen LogP contribution >= 0.6 is 11.3 Å². The molecule has 0 saturated heterocycles. The van der Waals surface area contributed by atoms with E-state index in [0.29, 0.717) is 22.6 Å². The van der Waals surface area contributed by atoms with Gasteiger partial charge in [-0.05, 0) is 18.7 Å². The van der Waals surface area contributed by atoms with Crippen LogP contribution in [0.15, 0.2) is 30.5 Å². The maximum absolute atomic E-state index is 12.7. The summed E-state index contributed by atoms with van der Waals surface area (Å²) in [6.07, 6.45) is -2.68. The number of alkyl halides is 3. The van der Waals surface area contributed by atoms with Gasteiger partial charge in [-0.3, -0.25) is 0 Å². The fourth-order valence-electron chi connectivity index (χ4n) is 2.47. The summed E-state index contributed by atoms with van der Waals surface area (Å²) in [6, 6.07) is 7.33. The molecule has 0 radical (unpaired) electrons. The molecule has 1 aliphatic heterocycles. The van der Waals surface area contributed by atoms with Crippen LogP contribution in [-0.4, -0.2) is 18.1 Å². The maximum Gasteiger partial charge on any atom is 0.443 e. The van der Waals surface area contributed by atoms with E-state index in [0.717, 1.165) is 11.3 Å². The number of ether oxygens (including phenoxy) is 1. The number of para-hydroxylation sites is 1. The van der Waals surface area contributed by atoms with Gasteiger partial charge in [0, 0.05) is 17.5 Å². The van der Waals surface area contributed by atoms with Crippen molar-refractivity contribution in [2.24, 2.45) is 0 Å². The van der Waals surface area contributed by atoms with Gasteiger partial charge in [-0.15, -0.1) is 11.3 Å². The molecule has 0 spiro atoms. The molecule has 0 saturated carbocycles. The first-order chi connectivity index (χ1) is 9.99. The Hall–Kier alpha value is -1.60. The van der Waals surface area contributed by atoms with Crippen molar-refractivity contribution in [3.63, 3.8) is 0 Å². The average molecular weight is 314 g/mol. The first-order valence-corrected chi connectivity index (χ1v) is 7.25. The summed E-state index contributed by atoms with van der Waals surface area (Å²) in [6.45, 7) is 0. The summed E-state index contributed by atoms with van der Waals surface area (Å²) >= 11 is 0.659. The molecular weight excluding hydrogens is 301 g/mol. The lowest BCUT2D eigenvalue weighted by Gasteiger charge is -2.21. The summed E-state index contributed by atoms with van der Waals surface area (Å²) in [5.74, 6) is 0.795. The fraction of sp³-hybridized carbons (Fsp3) is 0.357. The molecule has 0 aliphatic carbocycles. The molecule has 21 heavy (non-hydrogen) atoms. The van der Waals surface area contributed by atoms with Gasteiger partial charge in [0.25, 0.3) is 0 Å². The Morgan fingerprint density at radius 2 is 2.14 bits per heavy atom. The highest BCUT2D eigenvalue weighted by Gasteiger charge is 2.37. The van der Waals surface area contributed by atoms with Gasteiger partial charge in [-0.2, -0.15) is 13.2 Å². The molecule has 2 heterocycles. The van der Waals surface area contributed by atoms with Crippen LogP contribution in [0.25, 0.3) is 0 Å². The summed E-state index contributed by atoms with van der Waals surface area (Å²) in [7, 11) is 1.71. The molecule has 112 valence electrons. The van der Waals surface area contributed by atoms with Crippen molar-refractivity contribution in [1.82, 2.24) is 10.3 Å². The third-order valence-corrected chi connectivity index (χ3v) is 4.55. The molecule has 1 aromatic heterocycles. The number of fused-ring (bicyclic) bond motifs is 1. The largest absolute Gasteiger partial charge is 0.488 e. The van der Waals surface area contributed by atoms with Crippen LogP contribution in [0, 0.1) is 0 Å². The number of hydrogen-bond donors (Lipinski definition) is 1. The van der Waals surface area contributed by atoms with Crippen molar-refractivity contribution in [3.05, 3.63) is 45.9 Å². The smallest absolute Gasteiger partial charge is 0.443 e. The van der Waals surface area contributed by atoms with Crippen LogP contribution in [0.5, 0.6) is 5.75 Å². The number of thiazole rings is 1. The van der Waals surface area contributed by atoms with Crippen molar-refractivity contribution in [1.29, 1.82) is 0 Å². The lowest BCUT2D eigenvalue weighted by Crippen LogP contribution is -2.32. The predicted octanol–water partition coefficient (Wildman–Crippen LogP) is 3.43. The number of nitrogens with one attached hydrogen (secondary N) is 1.